The summed E-state index contributed by atoms with van der Waals surface area (Å²) in [5.41, 5.74) is 0.372. The first kappa shape index (κ1) is 15.3. The van der Waals surface area contributed by atoms with Crippen molar-refractivity contribution in [3.8, 4) is 0 Å². The van der Waals surface area contributed by atoms with Crippen molar-refractivity contribution in [1.82, 2.24) is 0 Å². The number of carboxylic acid groups (broad SMARTS) is 1. The minimum atomic E-state index is -1.29. The Bertz CT molecular complexity index is 566. The van der Waals surface area contributed by atoms with Crippen LogP contribution in [0.5, 0.6) is 0 Å². The van der Waals surface area contributed by atoms with Crippen molar-refractivity contribution in [2.24, 2.45) is 0 Å². The van der Waals surface area contributed by atoms with Crippen LogP contribution in [-0.4, -0.2) is 11.1 Å². The average Bonchev–Trinajstić information content (AvgIpc) is 2.53. The fourth-order valence-corrected chi connectivity index (χ4v) is 2.43. The molecule has 0 heterocycles. The Labute approximate surface area is 125 Å². The number of carbonyl (C=O) groups is 1. The predicted octanol–water partition coefficient (Wildman–Crippen LogP) is 3.98. The van der Waals surface area contributed by atoms with Crippen LogP contribution < -0.4 is 0 Å². The lowest BCUT2D eigenvalue weighted by Crippen LogP contribution is -2.38. The highest BCUT2D eigenvalue weighted by atomic mass is 16.5. The van der Waals surface area contributed by atoms with E-state index in [1.54, 1.807) is 0 Å². The fourth-order valence-electron chi connectivity index (χ4n) is 2.43. The van der Waals surface area contributed by atoms with Crippen LogP contribution in [0.3, 0.4) is 0 Å². The summed E-state index contributed by atoms with van der Waals surface area (Å²) >= 11 is 0. The summed E-state index contributed by atoms with van der Waals surface area (Å²) in [6, 6.07) is 18.8. The maximum absolute atomic E-state index is 11.9. The van der Waals surface area contributed by atoms with E-state index in [0.29, 0.717) is 12.0 Å². The Morgan fingerprint density at radius 3 is 2.14 bits per heavy atom. The third-order valence-electron chi connectivity index (χ3n) is 3.52. The van der Waals surface area contributed by atoms with Gasteiger partial charge in [-0.3, -0.25) is 0 Å². The molecule has 0 spiro atoms. The van der Waals surface area contributed by atoms with Crippen LogP contribution in [0.15, 0.2) is 60.7 Å². The molecule has 0 saturated carbocycles. The smallest absolute Gasteiger partial charge is 0.340 e. The minimum absolute atomic E-state index is 0.280. The van der Waals surface area contributed by atoms with Crippen molar-refractivity contribution in [1.29, 1.82) is 0 Å². The van der Waals surface area contributed by atoms with Gasteiger partial charge in [-0.15, -0.1) is 0 Å². The number of aliphatic carboxylic acids is 1. The fraction of sp³-hybridized carbons (Fsp3) is 0.278. The zero-order valence-corrected chi connectivity index (χ0v) is 12.2. The van der Waals surface area contributed by atoms with E-state index < -0.39 is 11.6 Å². The number of benzene rings is 2. The van der Waals surface area contributed by atoms with Gasteiger partial charge in [-0.1, -0.05) is 74.0 Å². The molecule has 2 rings (SSSR count). The quantitative estimate of drug-likeness (QED) is 0.836. The SMILES string of the molecule is CCCC(OCc1ccccc1)(C(=O)O)c1ccccc1. The van der Waals surface area contributed by atoms with Crippen molar-refractivity contribution in [2.45, 2.75) is 32.0 Å². The first-order valence-corrected chi connectivity index (χ1v) is 7.16. The molecule has 110 valence electrons. The summed E-state index contributed by atoms with van der Waals surface area (Å²) in [5, 5.41) is 9.76. The average molecular weight is 284 g/mol. The van der Waals surface area contributed by atoms with E-state index in [1.165, 1.54) is 0 Å². The molecule has 0 aliphatic carbocycles. The van der Waals surface area contributed by atoms with Crippen LogP contribution in [0.25, 0.3) is 0 Å². The Kier molecular flexibility index (Phi) is 5.12. The molecule has 0 aliphatic heterocycles. The summed E-state index contributed by atoms with van der Waals surface area (Å²) in [5.74, 6) is -0.938. The normalized spacial score (nSPS) is 13.6. The maximum Gasteiger partial charge on any atom is 0.340 e. The van der Waals surface area contributed by atoms with E-state index in [2.05, 4.69) is 0 Å². The van der Waals surface area contributed by atoms with Gasteiger partial charge in [-0.25, -0.2) is 4.79 Å². The molecule has 0 radical (unpaired) electrons. The second-order valence-corrected chi connectivity index (χ2v) is 5.02. The molecule has 0 aliphatic rings. The first-order valence-electron chi connectivity index (χ1n) is 7.16. The van der Waals surface area contributed by atoms with Crippen LogP contribution in [0, 0.1) is 0 Å². The van der Waals surface area contributed by atoms with Crippen LogP contribution in [0.2, 0.25) is 0 Å². The molecule has 1 unspecified atom stereocenters. The third kappa shape index (κ3) is 3.50. The van der Waals surface area contributed by atoms with E-state index in [9.17, 15) is 9.90 Å². The molecule has 2 aromatic rings. The van der Waals surface area contributed by atoms with Gasteiger partial charge in [0.2, 0.25) is 0 Å². The Morgan fingerprint density at radius 2 is 1.62 bits per heavy atom. The van der Waals surface area contributed by atoms with Crippen LogP contribution >= 0.6 is 0 Å². The van der Waals surface area contributed by atoms with Crippen molar-refractivity contribution in [3.05, 3.63) is 71.8 Å². The maximum atomic E-state index is 11.9. The zero-order chi connectivity index (χ0) is 15.1. The number of hydrogen-bond donors (Lipinski definition) is 1. The van der Waals surface area contributed by atoms with E-state index in [-0.39, 0.29) is 6.61 Å². The summed E-state index contributed by atoms with van der Waals surface area (Å²) in [6.07, 6.45) is 1.18. The van der Waals surface area contributed by atoms with Gasteiger partial charge in [0.05, 0.1) is 6.61 Å². The molecular formula is C18H20O3. The van der Waals surface area contributed by atoms with Crippen molar-refractivity contribution in [2.75, 3.05) is 0 Å². The lowest BCUT2D eigenvalue weighted by atomic mass is 9.89. The molecule has 0 amide bonds. The Hall–Kier alpha value is -2.13. The molecular weight excluding hydrogens is 264 g/mol. The van der Waals surface area contributed by atoms with Gasteiger partial charge < -0.3 is 9.84 Å². The van der Waals surface area contributed by atoms with Crippen LogP contribution in [0.1, 0.15) is 30.9 Å². The topological polar surface area (TPSA) is 46.5 Å². The molecule has 3 nitrogen and oxygen atoms in total. The summed E-state index contributed by atoms with van der Waals surface area (Å²) < 4.78 is 5.90. The molecule has 1 N–H and O–H groups in total. The van der Waals surface area contributed by atoms with Crippen molar-refractivity contribution < 1.29 is 14.6 Å². The first-order chi connectivity index (χ1) is 10.2. The third-order valence-corrected chi connectivity index (χ3v) is 3.52. The highest BCUT2D eigenvalue weighted by molar-refractivity contribution is 5.79. The van der Waals surface area contributed by atoms with Gasteiger partial charge in [0.15, 0.2) is 5.60 Å². The largest absolute Gasteiger partial charge is 0.479 e. The Morgan fingerprint density at radius 1 is 1.05 bits per heavy atom. The summed E-state index contributed by atoms with van der Waals surface area (Å²) in [7, 11) is 0. The molecule has 1 atom stereocenters. The minimum Gasteiger partial charge on any atom is -0.479 e. The summed E-state index contributed by atoms with van der Waals surface area (Å²) in [6.45, 7) is 2.24. The molecule has 0 fully saturated rings. The van der Waals surface area contributed by atoms with Gasteiger partial charge in [0.1, 0.15) is 0 Å². The van der Waals surface area contributed by atoms with E-state index in [0.717, 1.165) is 12.0 Å². The number of hydrogen-bond acceptors (Lipinski definition) is 2. The highest BCUT2D eigenvalue weighted by Gasteiger charge is 2.40. The Balaban J connectivity index is 2.29. The van der Waals surface area contributed by atoms with Crippen LogP contribution in [-0.2, 0) is 21.7 Å². The van der Waals surface area contributed by atoms with E-state index >= 15 is 0 Å². The zero-order valence-electron chi connectivity index (χ0n) is 12.2. The van der Waals surface area contributed by atoms with Gasteiger partial charge in [0, 0.05) is 0 Å². The van der Waals surface area contributed by atoms with Gasteiger partial charge in [-0.2, -0.15) is 0 Å². The molecule has 2 aromatic carbocycles. The van der Waals surface area contributed by atoms with Gasteiger partial charge in [0.25, 0.3) is 0 Å². The molecule has 21 heavy (non-hydrogen) atoms. The monoisotopic (exact) mass is 284 g/mol. The second kappa shape index (κ2) is 7.04. The molecule has 0 bridgehead atoms. The molecule has 3 heteroatoms. The number of carboxylic acids is 1. The summed E-state index contributed by atoms with van der Waals surface area (Å²) in [4.78, 5) is 11.9. The van der Waals surface area contributed by atoms with Gasteiger partial charge >= 0.3 is 5.97 Å². The van der Waals surface area contributed by atoms with E-state index in [4.69, 9.17) is 4.74 Å². The number of rotatable bonds is 7. The van der Waals surface area contributed by atoms with Gasteiger partial charge in [-0.05, 0) is 17.5 Å². The van der Waals surface area contributed by atoms with Crippen LogP contribution in [0.4, 0.5) is 0 Å². The van der Waals surface area contributed by atoms with Crippen molar-refractivity contribution in [3.63, 3.8) is 0 Å². The predicted molar refractivity (Wildman–Crippen MR) is 81.9 cm³/mol. The van der Waals surface area contributed by atoms with Crippen molar-refractivity contribution >= 4 is 5.97 Å². The highest BCUT2D eigenvalue weighted by Crippen LogP contribution is 2.32. The standard InChI is InChI=1S/C18H20O3/c1-2-13-18(17(19)20,16-11-7-4-8-12-16)21-14-15-9-5-3-6-10-15/h3-12H,2,13-14H2,1H3,(H,19,20). The number of ether oxygens (including phenoxy) is 1. The van der Waals surface area contributed by atoms with E-state index in [1.807, 2.05) is 67.6 Å². The molecule has 0 saturated heterocycles. The lowest BCUT2D eigenvalue weighted by Gasteiger charge is -2.30. The lowest BCUT2D eigenvalue weighted by molar-refractivity contribution is -0.171. The molecule has 0 aromatic heterocycles. The second-order valence-electron chi connectivity index (χ2n) is 5.02.